The first-order valence-electron chi connectivity index (χ1n) is 7.52. The predicted octanol–water partition coefficient (Wildman–Crippen LogP) is 3.21. The Morgan fingerprint density at radius 2 is 1.89 bits per heavy atom. The van der Waals surface area contributed by atoms with E-state index in [-0.39, 0.29) is 0 Å². The minimum atomic E-state index is -0.507. The van der Waals surface area contributed by atoms with E-state index in [1.807, 2.05) is 6.92 Å². The van der Waals surface area contributed by atoms with Crippen LogP contribution in [0.4, 0.5) is 0 Å². The molecule has 1 aliphatic heterocycles. The van der Waals surface area contributed by atoms with Crippen LogP contribution < -0.4 is 0 Å². The van der Waals surface area contributed by atoms with Gasteiger partial charge in [-0.3, -0.25) is 4.90 Å². The molecule has 0 spiro atoms. The molecule has 0 amide bonds. The second kappa shape index (κ2) is 5.34. The molecule has 0 aromatic heterocycles. The summed E-state index contributed by atoms with van der Waals surface area (Å²) in [7, 11) is 0. The minimum absolute atomic E-state index is 0.334. The van der Waals surface area contributed by atoms with E-state index in [9.17, 15) is 5.11 Å². The molecule has 0 aromatic carbocycles. The molecule has 1 saturated carbocycles. The zero-order chi connectivity index (χ0) is 13.3. The molecule has 3 atom stereocenters. The second-order valence-electron chi connectivity index (χ2n) is 6.91. The van der Waals surface area contributed by atoms with E-state index in [2.05, 4.69) is 25.3 Å². The number of piperidine rings is 1. The van der Waals surface area contributed by atoms with Crippen LogP contribution in [0.2, 0.25) is 0 Å². The molecule has 2 fully saturated rings. The number of hydrogen-bond donors (Lipinski definition) is 1. The number of nitrogens with zero attached hydrogens (tertiary/aromatic N) is 1. The van der Waals surface area contributed by atoms with Crippen LogP contribution in [0.25, 0.3) is 0 Å². The smallest absolute Gasteiger partial charge is 0.0774 e. The summed E-state index contributed by atoms with van der Waals surface area (Å²) >= 11 is 0. The molecule has 18 heavy (non-hydrogen) atoms. The highest BCUT2D eigenvalue weighted by Crippen LogP contribution is 2.39. The van der Waals surface area contributed by atoms with E-state index in [1.54, 1.807) is 0 Å². The molecule has 2 aliphatic rings. The zero-order valence-electron chi connectivity index (χ0n) is 12.3. The third kappa shape index (κ3) is 2.97. The number of rotatable bonds is 2. The van der Waals surface area contributed by atoms with Crippen LogP contribution in [-0.2, 0) is 0 Å². The first-order chi connectivity index (χ1) is 8.40. The highest BCUT2D eigenvalue weighted by molar-refractivity contribution is 5.05. The largest absolute Gasteiger partial charge is 0.389 e. The van der Waals surface area contributed by atoms with Crippen molar-refractivity contribution in [3.8, 4) is 0 Å². The summed E-state index contributed by atoms with van der Waals surface area (Å²) in [5.41, 5.74) is 0.785. The van der Waals surface area contributed by atoms with E-state index in [1.165, 1.54) is 18.4 Å². The molecule has 0 radical (unpaired) electrons. The van der Waals surface area contributed by atoms with E-state index in [4.69, 9.17) is 0 Å². The van der Waals surface area contributed by atoms with Crippen molar-refractivity contribution in [2.75, 3.05) is 13.1 Å². The van der Waals surface area contributed by atoms with Gasteiger partial charge in [-0.25, -0.2) is 0 Å². The summed E-state index contributed by atoms with van der Waals surface area (Å²) in [6.07, 6.45) is 5.68. The Balaban J connectivity index is 2.04. The molecule has 2 heteroatoms. The molecule has 1 saturated heterocycles. The molecule has 2 nitrogen and oxygen atoms in total. The minimum Gasteiger partial charge on any atom is -0.389 e. The molecule has 104 valence electrons. The van der Waals surface area contributed by atoms with Gasteiger partial charge in [-0.05, 0) is 70.9 Å². The van der Waals surface area contributed by atoms with Crippen LogP contribution in [0.1, 0.15) is 52.9 Å². The van der Waals surface area contributed by atoms with Gasteiger partial charge in [0, 0.05) is 6.04 Å². The van der Waals surface area contributed by atoms with E-state index in [0.29, 0.717) is 12.0 Å². The van der Waals surface area contributed by atoms with Crippen LogP contribution in [0.15, 0.2) is 12.2 Å². The molecule has 0 unspecified atom stereocenters. The van der Waals surface area contributed by atoms with Gasteiger partial charge in [0.15, 0.2) is 0 Å². The number of likely N-dealkylation sites (tertiary alicyclic amines) is 1. The predicted molar refractivity (Wildman–Crippen MR) is 76.5 cm³/mol. The number of aliphatic hydroxyl groups is 1. The average molecular weight is 251 g/mol. The van der Waals surface area contributed by atoms with Gasteiger partial charge in [-0.2, -0.15) is 0 Å². The van der Waals surface area contributed by atoms with Gasteiger partial charge >= 0.3 is 0 Å². The fourth-order valence-corrected chi connectivity index (χ4v) is 3.60. The second-order valence-corrected chi connectivity index (χ2v) is 6.91. The van der Waals surface area contributed by atoms with Gasteiger partial charge in [-0.15, -0.1) is 0 Å². The molecule has 2 rings (SSSR count). The summed E-state index contributed by atoms with van der Waals surface area (Å²) < 4.78 is 0. The maximum absolute atomic E-state index is 10.7. The third-order valence-electron chi connectivity index (χ3n) is 5.18. The van der Waals surface area contributed by atoms with Crippen molar-refractivity contribution < 1.29 is 5.11 Å². The van der Waals surface area contributed by atoms with Crippen molar-refractivity contribution in [3.05, 3.63) is 12.2 Å². The van der Waals surface area contributed by atoms with Crippen LogP contribution in [0.3, 0.4) is 0 Å². The monoisotopic (exact) mass is 251 g/mol. The van der Waals surface area contributed by atoms with Crippen molar-refractivity contribution in [2.24, 2.45) is 11.8 Å². The Bertz CT molecular complexity index is 302. The Labute approximate surface area is 112 Å². The highest BCUT2D eigenvalue weighted by atomic mass is 16.3. The lowest BCUT2D eigenvalue weighted by Gasteiger charge is -2.48. The Hall–Kier alpha value is -0.340. The lowest BCUT2D eigenvalue weighted by Crippen LogP contribution is -2.56. The summed E-state index contributed by atoms with van der Waals surface area (Å²) in [5, 5.41) is 10.7. The van der Waals surface area contributed by atoms with Crippen molar-refractivity contribution >= 4 is 0 Å². The van der Waals surface area contributed by atoms with Gasteiger partial charge in [0.05, 0.1) is 5.60 Å². The summed E-state index contributed by atoms with van der Waals surface area (Å²) in [6.45, 7) is 12.9. The lowest BCUT2D eigenvalue weighted by molar-refractivity contribution is -0.0766. The molecule has 0 aromatic rings. The average Bonchev–Trinajstić information content (AvgIpc) is 2.30. The van der Waals surface area contributed by atoms with E-state index in [0.717, 1.165) is 38.3 Å². The van der Waals surface area contributed by atoms with E-state index < -0.39 is 5.60 Å². The molecule has 1 heterocycles. The SMILES string of the molecule is C=C(C)[C@H]1CC[C@](C)(O)[C@@H](N2CCC(C)CC2)C1. The maximum atomic E-state index is 10.7. The zero-order valence-corrected chi connectivity index (χ0v) is 12.3. The fourth-order valence-electron chi connectivity index (χ4n) is 3.60. The highest BCUT2D eigenvalue weighted by Gasteiger charge is 2.42. The molecule has 1 N–H and O–H groups in total. The fraction of sp³-hybridized carbons (Fsp3) is 0.875. The van der Waals surface area contributed by atoms with Crippen LogP contribution in [0, 0.1) is 11.8 Å². The molecular formula is C16H29NO. The van der Waals surface area contributed by atoms with Gasteiger partial charge in [0.2, 0.25) is 0 Å². The van der Waals surface area contributed by atoms with Gasteiger partial charge < -0.3 is 5.11 Å². The Morgan fingerprint density at radius 1 is 1.28 bits per heavy atom. The van der Waals surface area contributed by atoms with Crippen molar-refractivity contribution in [1.29, 1.82) is 0 Å². The third-order valence-corrected chi connectivity index (χ3v) is 5.18. The van der Waals surface area contributed by atoms with Crippen LogP contribution >= 0.6 is 0 Å². The van der Waals surface area contributed by atoms with E-state index >= 15 is 0 Å². The first-order valence-corrected chi connectivity index (χ1v) is 7.52. The quantitative estimate of drug-likeness (QED) is 0.762. The number of allylic oxidation sites excluding steroid dienone is 1. The van der Waals surface area contributed by atoms with Crippen LogP contribution in [0.5, 0.6) is 0 Å². The first kappa shape index (κ1) is 14.1. The Morgan fingerprint density at radius 3 is 2.44 bits per heavy atom. The maximum Gasteiger partial charge on any atom is 0.0774 e. The number of hydrogen-bond acceptors (Lipinski definition) is 2. The standard InChI is InChI=1S/C16H29NO/c1-12(2)14-5-8-16(4,18)15(11-14)17-9-6-13(3)7-10-17/h13-15,18H,1,5-11H2,2-4H3/t14-,15-,16-/m0/s1. The summed E-state index contributed by atoms with van der Waals surface area (Å²) in [5.74, 6) is 1.46. The van der Waals surface area contributed by atoms with Crippen molar-refractivity contribution in [3.63, 3.8) is 0 Å². The lowest BCUT2D eigenvalue weighted by atomic mass is 9.73. The normalized spacial score (nSPS) is 39.8. The Kier molecular flexibility index (Phi) is 4.18. The van der Waals surface area contributed by atoms with Gasteiger partial charge in [0.25, 0.3) is 0 Å². The summed E-state index contributed by atoms with van der Waals surface area (Å²) in [6, 6.07) is 0.334. The molecular weight excluding hydrogens is 222 g/mol. The van der Waals surface area contributed by atoms with Crippen molar-refractivity contribution in [2.45, 2.75) is 64.5 Å². The summed E-state index contributed by atoms with van der Waals surface area (Å²) in [4.78, 5) is 2.54. The molecule has 1 aliphatic carbocycles. The van der Waals surface area contributed by atoms with Crippen molar-refractivity contribution in [1.82, 2.24) is 4.90 Å². The van der Waals surface area contributed by atoms with Gasteiger partial charge in [-0.1, -0.05) is 19.1 Å². The topological polar surface area (TPSA) is 23.5 Å². The van der Waals surface area contributed by atoms with Crippen LogP contribution in [-0.4, -0.2) is 34.7 Å². The van der Waals surface area contributed by atoms with Gasteiger partial charge in [0.1, 0.15) is 0 Å². The molecule has 0 bridgehead atoms.